The molecule has 3 rings (SSSR count). The van der Waals surface area contributed by atoms with Gasteiger partial charge >= 0.3 is 0 Å². The zero-order valence-electron chi connectivity index (χ0n) is 17.0. The van der Waals surface area contributed by atoms with E-state index in [0.29, 0.717) is 18.7 Å². The van der Waals surface area contributed by atoms with Gasteiger partial charge in [0.1, 0.15) is 5.76 Å². The molecular formula is C21H29N3O4S. The quantitative estimate of drug-likeness (QED) is 0.687. The highest BCUT2D eigenvalue weighted by Gasteiger charge is 2.25. The Balaban J connectivity index is 1.76. The van der Waals surface area contributed by atoms with Crippen LogP contribution in [-0.4, -0.2) is 45.4 Å². The van der Waals surface area contributed by atoms with E-state index >= 15 is 0 Å². The Morgan fingerprint density at radius 2 is 1.97 bits per heavy atom. The summed E-state index contributed by atoms with van der Waals surface area (Å²) in [7, 11) is -3.62. The van der Waals surface area contributed by atoms with Gasteiger partial charge in [-0.3, -0.25) is 9.69 Å². The number of nitrogens with one attached hydrogen (secondary N) is 2. The van der Waals surface area contributed by atoms with Gasteiger partial charge in [0.25, 0.3) is 5.91 Å². The third-order valence-corrected chi connectivity index (χ3v) is 6.80. The summed E-state index contributed by atoms with van der Waals surface area (Å²) in [6.07, 6.45) is 5.14. The monoisotopic (exact) mass is 419 g/mol. The van der Waals surface area contributed by atoms with Crippen molar-refractivity contribution in [2.75, 3.05) is 26.2 Å². The van der Waals surface area contributed by atoms with Crippen LogP contribution in [0.25, 0.3) is 0 Å². The summed E-state index contributed by atoms with van der Waals surface area (Å²) in [4.78, 5) is 15.3. The standard InChI is InChI=1S/C21H29N3O4S/c1-3-23-29(26,27)17-10-9-16(2)18(14-17)21(25)22-15-19(20-8-7-13-28-20)24-11-5-4-6-12-24/h7-10,13-14,19,23H,3-6,11-12,15H2,1-2H3,(H,22,25). The van der Waals surface area contributed by atoms with Crippen LogP contribution in [0.15, 0.2) is 45.9 Å². The number of sulfonamides is 1. The molecule has 29 heavy (non-hydrogen) atoms. The molecule has 2 N–H and O–H groups in total. The van der Waals surface area contributed by atoms with Crippen molar-refractivity contribution in [3.8, 4) is 0 Å². The van der Waals surface area contributed by atoms with E-state index in [4.69, 9.17) is 4.42 Å². The molecule has 0 aliphatic carbocycles. The minimum atomic E-state index is -3.62. The first-order valence-corrected chi connectivity index (χ1v) is 11.6. The molecule has 1 aliphatic heterocycles. The van der Waals surface area contributed by atoms with Gasteiger partial charge in [-0.1, -0.05) is 19.4 Å². The SMILES string of the molecule is CCNS(=O)(=O)c1ccc(C)c(C(=O)NCC(c2ccco2)N2CCCCC2)c1. The van der Waals surface area contributed by atoms with E-state index in [1.807, 2.05) is 12.1 Å². The fourth-order valence-corrected chi connectivity index (χ4v) is 4.76. The lowest BCUT2D eigenvalue weighted by Gasteiger charge is -2.33. The molecule has 1 aromatic carbocycles. The largest absolute Gasteiger partial charge is 0.468 e. The van der Waals surface area contributed by atoms with Crippen molar-refractivity contribution in [3.05, 3.63) is 53.5 Å². The highest BCUT2D eigenvalue weighted by atomic mass is 32.2. The molecule has 1 aliphatic rings. The maximum atomic E-state index is 12.9. The number of likely N-dealkylation sites (tertiary alicyclic amines) is 1. The summed E-state index contributed by atoms with van der Waals surface area (Å²) >= 11 is 0. The van der Waals surface area contributed by atoms with Crippen LogP contribution in [0.2, 0.25) is 0 Å². The van der Waals surface area contributed by atoms with Crippen molar-refractivity contribution in [1.82, 2.24) is 14.9 Å². The summed E-state index contributed by atoms with van der Waals surface area (Å²) in [6.45, 7) is 6.14. The maximum absolute atomic E-state index is 12.9. The average Bonchev–Trinajstić information content (AvgIpc) is 3.23. The minimum absolute atomic E-state index is 0.0387. The number of amides is 1. The first-order chi connectivity index (χ1) is 13.9. The van der Waals surface area contributed by atoms with Crippen molar-refractivity contribution in [1.29, 1.82) is 0 Å². The summed E-state index contributed by atoms with van der Waals surface area (Å²) < 4.78 is 32.6. The van der Waals surface area contributed by atoms with Crippen molar-refractivity contribution < 1.29 is 17.6 Å². The molecule has 1 aromatic heterocycles. The Morgan fingerprint density at radius 3 is 2.62 bits per heavy atom. The van der Waals surface area contributed by atoms with Gasteiger partial charge in [0.15, 0.2) is 0 Å². The number of benzene rings is 1. The third kappa shape index (κ3) is 5.26. The molecule has 1 fully saturated rings. The van der Waals surface area contributed by atoms with E-state index in [2.05, 4.69) is 14.9 Å². The topological polar surface area (TPSA) is 91.6 Å². The number of rotatable bonds is 8. The fraction of sp³-hybridized carbons (Fsp3) is 0.476. The molecule has 1 unspecified atom stereocenters. The zero-order chi connectivity index (χ0) is 20.9. The van der Waals surface area contributed by atoms with Crippen LogP contribution in [0.1, 0.15) is 53.9 Å². The average molecular weight is 420 g/mol. The van der Waals surface area contributed by atoms with Crippen LogP contribution in [0, 0.1) is 6.92 Å². The molecule has 1 amide bonds. The molecule has 7 nitrogen and oxygen atoms in total. The van der Waals surface area contributed by atoms with Gasteiger partial charge in [-0.2, -0.15) is 0 Å². The van der Waals surface area contributed by atoms with E-state index in [-0.39, 0.29) is 16.8 Å². The number of nitrogens with zero attached hydrogens (tertiary/aromatic N) is 1. The van der Waals surface area contributed by atoms with Crippen LogP contribution in [-0.2, 0) is 10.0 Å². The first-order valence-electron chi connectivity index (χ1n) is 10.1. The molecule has 158 valence electrons. The van der Waals surface area contributed by atoms with Gasteiger partial charge in [0, 0.05) is 18.7 Å². The molecule has 0 bridgehead atoms. The van der Waals surface area contributed by atoms with Gasteiger partial charge in [0.2, 0.25) is 10.0 Å². The van der Waals surface area contributed by atoms with Crippen LogP contribution >= 0.6 is 0 Å². The smallest absolute Gasteiger partial charge is 0.251 e. The summed E-state index contributed by atoms with van der Waals surface area (Å²) in [6, 6.07) is 8.36. The molecule has 0 radical (unpaired) electrons. The normalized spacial score (nSPS) is 16.5. The Bertz CT molecular complexity index is 919. The number of carbonyl (C=O) groups is 1. The number of carbonyl (C=O) groups excluding carboxylic acids is 1. The summed E-state index contributed by atoms with van der Waals surface area (Å²) in [5, 5.41) is 2.98. The van der Waals surface area contributed by atoms with E-state index in [9.17, 15) is 13.2 Å². The molecule has 2 heterocycles. The molecule has 1 saturated heterocycles. The first kappa shape index (κ1) is 21.5. The number of piperidine rings is 1. The van der Waals surface area contributed by atoms with E-state index in [0.717, 1.165) is 37.3 Å². The van der Waals surface area contributed by atoms with Crippen LogP contribution < -0.4 is 10.0 Å². The predicted molar refractivity (Wildman–Crippen MR) is 111 cm³/mol. The maximum Gasteiger partial charge on any atom is 0.251 e. The van der Waals surface area contributed by atoms with Crippen LogP contribution in [0.3, 0.4) is 0 Å². The van der Waals surface area contributed by atoms with E-state index in [1.165, 1.54) is 18.6 Å². The Hall–Kier alpha value is -2.16. The number of aryl methyl sites for hydroxylation is 1. The second kappa shape index (κ2) is 9.56. The van der Waals surface area contributed by atoms with Crippen molar-refractivity contribution in [3.63, 3.8) is 0 Å². The van der Waals surface area contributed by atoms with Gasteiger partial charge in [-0.25, -0.2) is 13.1 Å². The molecule has 2 aromatic rings. The van der Waals surface area contributed by atoms with Gasteiger partial charge in [-0.15, -0.1) is 0 Å². The molecule has 0 saturated carbocycles. The third-order valence-electron chi connectivity index (χ3n) is 5.26. The Morgan fingerprint density at radius 1 is 1.21 bits per heavy atom. The lowest BCUT2D eigenvalue weighted by atomic mass is 10.1. The van der Waals surface area contributed by atoms with Gasteiger partial charge in [0.05, 0.1) is 17.2 Å². The summed E-state index contributed by atoms with van der Waals surface area (Å²) in [5.41, 5.74) is 1.09. The molecule has 8 heteroatoms. The van der Waals surface area contributed by atoms with Gasteiger partial charge in [-0.05, 0) is 62.7 Å². The second-order valence-corrected chi connectivity index (χ2v) is 9.08. The highest BCUT2D eigenvalue weighted by Crippen LogP contribution is 2.25. The number of hydrogen-bond donors (Lipinski definition) is 2. The lowest BCUT2D eigenvalue weighted by molar-refractivity contribution is 0.0913. The lowest BCUT2D eigenvalue weighted by Crippen LogP contribution is -2.40. The Labute approximate surface area is 172 Å². The molecular weight excluding hydrogens is 390 g/mol. The highest BCUT2D eigenvalue weighted by molar-refractivity contribution is 7.89. The van der Waals surface area contributed by atoms with E-state index < -0.39 is 10.0 Å². The van der Waals surface area contributed by atoms with Crippen molar-refractivity contribution in [2.24, 2.45) is 0 Å². The molecule has 1 atom stereocenters. The fourth-order valence-electron chi connectivity index (χ4n) is 3.69. The summed E-state index contributed by atoms with van der Waals surface area (Å²) in [5.74, 6) is 0.539. The second-order valence-electron chi connectivity index (χ2n) is 7.32. The van der Waals surface area contributed by atoms with E-state index in [1.54, 1.807) is 26.2 Å². The van der Waals surface area contributed by atoms with Crippen LogP contribution in [0.5, 0.6) is 0 Å². The zero-order valence-corrected chi connectivity index (χ0v) is 17.8. The van der Waals surface area contributed by atoms with Crippen LogP contribution in [0.4, 0.5) is 0 Å². The Kier molecular flexibility index (Phi) is 7.10. The molecule has 0 spiro atoms. The van der Waals surface area contributed by atoms with Crippen molar-refractivity contribution in [2.45, 2.75) is 44.0 Å². The predicted octanol–water partition coefficient (Wildman–Crippen LogP) is 2.84. The van der Waals surface area contributed by atoms with Gasteiger partial charge < -0.3 is 9.73 Å². The van der Waals surface area contributed by atoms with Crippen molar-refractivity contribution >= 4 is 15.9 Å². The minimum Gasteiger partial charge on any atom is -0.468 e. The number of hydrogen-bond acceptors (Lipinski definition) is 5. The number of furan rings is 1.